The Kier molecular flexibility index (Phi) is 27.5. The van der Waals surface area contributed by atoms with Gasteiger partial charge in [-0.05, 0) is 44.4 Å². The lowest BCUT2D eigenvalue weighted by atomic mass is 10.00. The van der Waals surface area contributed by atoms with Crippen LogP contribution in [0.15, 0.2) is 36.5 Å². The molecule has 9 nitrogen and oxygen atoms in total. The molecule has 256 valence electrons. The summed E-state index contributed by atoms with van der Waals surface area (Å²) in [5.41, 5.74) is 0. The summed E-state index contributed by atoms with van der Waals surface area (Å²) >= 11 is 0. The molecule has 0 radical (unpaired) electrons. The van der Waals surface area contributed by atoms with Gasteiger partial charge in [0.05, 0.1) is 12.7 Å². The molecule has 0 spiro atoms. The highest BCUT2D eigenvalue weighted by atomic mass is 31.2. The van der Waals surface area contributed by atoms with Gasteiger partial charge in [0.15, 0.2) is 6.10 Å². The second-order valence-electron chi connectivity index (χ2n) is 11.6. The number of ether oxygens (including phenoxy) is 2. The Balaban J connectivity index is 4.11. The first-order valence-electron chi connectivity index (χ1n) is 16.8. The van der Waals surface area contributed by atoms with E-state index in [0.717, 1.165) is 63.7 Å². The number of hydrogen-bond donors (Lipinski definition) is 3. The Morgan fingerprint density at radius 2 is 1.39 bits per heavy atom. The highest BCUT2D eigenvalue weighted by molar-refractivity contribution is 7.46. The molecule has 0 aromatic heterocycles. The first-order valence-corrected chi connectivity index (χ1v) is 18.3. The summed E-state index contributed by atoms with van der Waals surface area (Å²) in [6.07, 6.45) is 26.5. The average Bonchev–Trinajstić information content (AvgIpc) is 2.98. The molecule has 0 rings (SSSR count). The number of unbranched alkanes of at least 4 members (excludes halogenated alkanes) is 10. The summed E-state index contributed by atoms with van der Waals surface area (Å²) in [7, 11) is -4.76. The van der Waals surface area contributed by atoms with Gasteiger partial charge in [0, 0.05) is 12.8 Å². The monoisotopic (exact) mass is 644 g/mol. The molecule has 44 heavy (non-hydrogen) atoms. The number of carbonyl (C=O) groups excluding carboxylic acids is 2. The van der Waals surface area contributed by atoms with Gasteiger partial charge in [0.1, 0.15) is 6.61 Å². The molecule has 10 heteroatoms. The number of aliphatic hydroxyl groups is 1. The highest BCUT2D eigenvalue weighted by Crippen LogP contribution is 2.36. The molecule has 0 saturated carbocycles. The van der Waals surface area contributed by atoms with Crippen LogP contribution in [0.1, 0.15) is 136 Å². The first-order chi connectivity index (χ1) is 21.1. The van der Waals surface area contributed by atoms with Gasteiger partial charge >= 0.3 is 19.8 Å². The van der Waals surface area contributed by atoms with Gasteiger partial charge in [0.2, 0.25) is 0 Å². The second-order valence-corrected chi connectivity index (χ2v) is 12.8. The molecule has 0 aromatic carbocycles. The van der Waals surface area contributed by atoms with E-state index < -0.39 is 38.6 Å². The number of phosphoric ester groups is 1. The number of hydrogen-bond acceptors (Lipinski definition) is 7. The van der Waals surface area contributed by atoms with E-state index in [-0.39, 0.29) is 19.4 Å². The zero-order valence-corrected chi connectivity index (χ0v) is 28.5. The molecule has 0 saturated heterocycles. The van der Waals surface area contributed by atoms with Crippen molar-refractivity contribution in [3.63, 3.8) is 0 Å². The number of carbonyl (C=O) groups is 2. The fourth-order valence-electron chi connectivity index (χ4n) is 4.38. The van der Waals surface area contributed by atoms with Crippen LogP contribution < -0.4 is 0 Å². The van der Waals surface area contributed by atoms with Crippen LogP contribution in [0.2, 0.25) is 0 Å². The van der Waals surface area contributed by atoms with Crippen LogP contribution in [0, 0.1) is 5.92 Å². The summed E-state index contributed by atoms with van der Waals surface area (Å²) in [6.45, 7) is 5.68. The summed E-state index contributed by atoms with van der Waals surface area (Å²) in [5.74, 6) is -0.174. The normalized spacial score (nSPS) is 14.4. The van der Waals surface area contributed by atoms with Crippen molar-refractivity contribution in [2.24, 2.45) is 5.92 Å². The van der Waals surface area contributed by atoms with Crippen molar-refractivity contribution in [3.8, 4) is 0 Å². The van der Waals surface area contributed by atoms with E-state index in [1.807, 2.05) is 24.3 Å². The van der Waals surface area contributed by atoms with E-state index in [1.165, 1.54) is 25.7 Å². The van der Waals surface area contributed by atoms with Crippen molar-refractivity contribution in [2.75, 3.05) is 13.2 Å². The summed E-state index contributed by atoms with van der Waals surface area (Å²) in [5, 5.41) is 9.81. The molecule has 0 heterocycles. The van der Waals surface area contributed by atoms with Gasteiger partial charge in [-0.15, -0.1) is 0 Å². The van der Waals surface area contributed by atoms with Crippen LogP contribution in [-0.2, 0) is 28.2 Å². The molecule has 3 N–H and O–H groups in total. The highest BCUT2D eigenvalue weighted by Gasteiger charge is 2.22. The first kappa shape index (κ1) is 42.2. The van der Waals surface area contributed by atoms with Gasteiger partial charge in [0.25, 0.3) is 0 Å². The van der Waals surface area contributed by atoms with Crippen molar-refractivity contribution in [3.05, 3.63) is 36.5 Å². The number of rotatable bonds is 29. The van der Waals surface area contributed by atoms with Gasteiger partial charge in [-0.1, -0.05) is 121 Å². The Bertz CT molecular complexity index is 850. The van der Waals surface area contributed by atoms with Crippen molar-refractivity contribution >= 4 is 19.8 Å². The van der Waals surface area contributed by atoms with Crippen LogP contribution >= 0.6 is 7.82 Å². The Morgan fingerprint density at radius 3 is 2.02 bits per heavy atom. The lowest BCUT2D eigenvalue weighted by Crippen LogP contribution is -2.29. The Morgan fingerprint density at radius 1 is 0.773 bits per heavy atom. The van der Waals surface area contributed by atoms with Crippen molar-refractivity contribution in [1.82, 2.24) is 0 Å². The van der Waals surface area contributed by atoms with Gasteiger partial charge < -0.3 is 24.4 Å². The SMILES string of the molecule is CC/C=C/CC(O)/C=C/C=C/CCCCCCCC(=O)OC[C@H](COP(=O)(O)O)OC(=O)CCCCCCCCC(C)CC. The van der Waals surface area contributed by atoms with Crippen LogP contribution in [0.25, 0.3) is 0 Å². The van der Waals surface area contributed by atoms with E-state index in [1.54, 1.807) is 6.08 Å². The molecule has 0 aromatic rings. The molecule has 2 unspecified atom stereocenters. The number of allylic oxidation sites excluding steroid dienone is 4. The quantitative estimate of drug-likeness (QED) is 0.0241. The minimum absolute atomic E-state index is 0.194. The second kappa shape index (κ2) is 28.7. The third kappa shape index (κ3) is 30.3. The van der Waals surface area contributed by atoms with E-state index in [2.05, 4.69) is 31.4 Å². The Labute approximate surface area is 266 Å². The smallest absolute Gasteiger partial charge is 0.462 e. The molecule has 0 aliphatic rings. The zero-order valence-electron chi connectivity index (χ0n) is 27.6. The minimum Gasteiger partial charge on any atom is -0.462 e. The predicted octanol–water partition coefficient (Wildman–Crippen LogP) is 8.28. The molecular formula is C34H61O9P. The van der Waals surface area contributed by atoms with E-state index >= 15 is 0 Å². The van der Waals surface area contributed by atoms with Crippen molar-refractivity contribution in [2.45, 2.75) is 149 Å². The minimum atomic E-state index is -4.76. The summed E-state index contributed by atoms with van der Waals surface area (Å²) < 4.78 is 26.1. The molecule has 0 fully saturated rings. The van der Waals surface area contributed by atoms with Crippen LogP contribution in [0.4, 0.5) is 0 Å². The molecule has 3 atom stereocenters. The largest absolute Gasteiger partial charge is 0.469 e. The van der Waals surface area contributed by atoms with Gasteiger partial charge in [-0.25, -0.2) is 4.57 Å². The lowest BCUT2D eigenvalue weighted by Gasteiger charge is -2.18. The van der Waals surface area contributed by atoms with Crippen LogP contribution in [0.5, 0.6) is 0 Å². The van der Waals surface area contributed by atoms with Crippen molar-refractivity contribution in [1.29, 1.82) is 0 Å². The van der Waals surface area contributed by atoms with Crippen molar-refractivity contribution < 1.29 is 43.0 Å². The number of esters is 2. The fourth-order valence-corrected chi connectivity index (χ4v) is 4.74. The third-order valence-electron chi connectivity index (χ3n) is 7.29. The van der Waals surface area contributed by atoms with E-state index in [9.17, 15) is 19.3 Å². The summed E-state index contributed by atoms with van der Waals surface area (Å²) in [6, 6.07) is 0. The van der Waals surface area contributed by atoms with Crippen LogP contribution in [0.3, 0.4) is 0 Å². The predicted molar refractivity (Wildman–Crippen MR) is 176 cm³/mol. The topological polar surface area (TPSA) is 140 Å². The van der Waals surface area contributed by atoms with E-state index in [4.69, 9.17) is 19.3 Å². The number of aliphatic hydroxyl groups excluding tert-OH is 1. The average molecular weight is 645 g/mol. The molecule has 0 aliphatic heterocycles. The maximum Gasteiger partial charge on any atom is 0.469 e. The maximum absolute atomic E-state index is 12.3. The zero-order chi connectivity index (χ0) is 32.9. The lowest BCUT2D eigenvalue weighted by molar-refractivity contribution is -0.161. The summed E-state index contributed by atoms with van der Waals surface area (Å²) in [4.78, 5) is 42.5. The third-order valence-corrected chi connectivity index (χ3v) is 7.78. The fraction of sp³-hybridized carbons (Fsp3) is 0.765. The van der Waals surface area contributed by atoms with Crippen LogP contribution in [-0.4, -0.2) is 52.3 Å². The number of phosphoric acid groups is 1. The van der Waals surface area contributed by atoms with E-state index in [0.29, 0.717) is 19.3 Å². The Hall–Kier alpha value is -1.77. The molecule has 0 amide bonds. The standard InChI is InChI=1S/C34H61O9P/c1-4-6-18-24-31(35)25-20-15-10-8-7-9-11-16-21-26-33(36)41-28-32(29-42-44(38,39)40)43-34(37)27-22-17-13-12-14-19-23-30(3)5-2/h6,10,15,18,20,25,30-32,35H,4-5,7-9,11-14,16-17,19,21-24,26-29H2,1-3H3,(H2,38,39,40)/b15-10+,18-6+,25-20+/t30?,31?,32-/m1/s1. The molecule has 0 bridgehead atoms. The van der Waals surface area contributed by atoms with Gasteiger partial charge in [-0.2, -0.15) is 0 Å². The van der Waals surface area contributed by atoms with Gasteiger partial charge in [-0.3, -0.25) is 14.1 Å². The molecule has 0 aliphatic carbocycles. The maximum atomic E-state index is 12.3. The molecular weight excluding hydrogens is 583 g/mol.